The molecule has 0 spiro atoms. The fourth-order valence-corrected chi connectivity index (χ4v) is 1.87. The maximum absolute atomic E-state index is 11.2. The lowest BCUT2D eigenvalue weighted by molar-refractivity contribution is 0.252. The lowest BCUT2D eigenvalue weighted by Gasteiger charge is -2.11. The standard InChI is InChI=1S/C12H14N4O/c1-2-8-9-4-3-7-14-10(9)5-6-11(8)15-12(17)16-13/h3-7H,2,13H2,1H3,(H2,15,16,17). The number of hydrogen-bond acceptors (Lipinski definition) is 3. The summed E-state index contributed by atoms with van der Waals surface area (Å²) < 4.78 is 0. The van der Waals surface area contributed by atoms with Gasteiger partial charge in [0.25, 0.3) is 0 Å². The monoisotopic (exact) mass is 230 g/mol. The van der Waals surface area contributed by atoms with Gasteiger partial charge >= 0.3 is 6.03 Å². The fraction of sp³-hybridized carbons (Fsp3) is 0.167. The van der Waals surface area contributed by atoms with Crippen LogP contribution in [0.5, 0.6) is 0 Å². The molecule has 2 aromatic rings. The van der Waals surface area contributed by atoms with E-state index in [1.807, 2.05) is 36.6 Å². The van der Waals surface area contributed by atoms with E-state index in [1.54, 1.807) is 6.20 Å². The molecule has 0 unspecified atom stereocenters. The van der Waals surface area contributed by atoms with E-state index in [-0.39, 0.29) is 0 Å². The Balaban J connectivity index is 2.53. The second kappa shape index (κ2) is 4.80. The maximum atomic E-state index is 11.2. The molecule has 1 heterocycles. The molecule has 17 heavy (non-hydrogen) atoms. The van der Waals surface area contributed by atoms with Crippen molar-refractivity contribution in [1.82, 2.24) is 10.4 Å². The van der Waals surface area contributed by atoms with E-state index < -0.39 is 6.03 Å². The van der Waals surface area contributed by atoms with Crippen molar-refractivity contribution in [2.45, 2.75) is 13.3 Å². The van der Waals surface area contributed by atoms with Gasteiger partial charge < -0.3 is 5.32 Å². The molecular formula is C12H14N4O. The molecular weight excluding hydrogens is 216 g/mol. The lowest BCUT2D eigenvalue weighted by atomic mass is 10.0. The van der Waals surface area contributed by atoms with Gasteiger partial charge in [0, 0.05) is 17.3 Å². The number of amides is 2. The molecule has 0 fully saturated rings. The number of nitrogens with one attached hydrogen (secondary N) is 2. The van der Waals surface area contributed by atoms with Crippen molar-refractivity contribution in [3.63, 3.8) is 0 Å². The third kappa shape index (κ3) is 2.19. The Kier molecular flexibility index (Phi) is 3.20. The summed E-state index contributed by atoms with van der Waals surface area (Å²) in [5.41, 5.74) is 4.78. The molecule has 5 heteroatoms. The summed E-state index contributed by atoms with van der Waals surface area (Å²) in [6.07, 6.45) is 2.56. The molecule has 0 saturated carbocycles. The highest BCUT2D eigenvalue weighted by molar-refractivity contribution is 5.95. The van der Waals surface area contributed by atoms with Gasteiger partial charge in [0.05, 0.1) is 5.52 Å². The van der Waals surface area contributed by atoms with Crippen LogP contribution in [-0.4, -0.2) is 11.0 Å². The van der Waals surface area contributed by atoms with E-state index in [4.69, 9.17) is 5.84 Å². The van der Waals surface area contributed by atoms with Crippen molar-refractivity contribution >= 4 is 22.6 Å². The van der Waals surface area contributed by atoms with Crippen molar-refractivity contribution < 1.29 is 4.79 Å². The first-order valence-electron chi connectivity index (χ1n) is 5.40. The van der Waals surface area contributed by atoms with Crippen LogP contribution in [0.2, 0.25) is 0 Å². The lowest BCUT2D eigenvalue weighted by Crippen LogP contribution is -2.34. The molecule has 1 aromatic heterocycles. The number of anilines is 1. The molecule has 0 saturated heterocycles. The third-order valence-electron chi connectivity index (χ3n) is 2.63. The van der Waals surface area contributed by atoms with Gasteiger partial charge in [-0.1, -0.05) is 13.0 Å². The predicted molar refractivity (Wildman–Crippen MR) is 67.5 cm³/mol. The predicted octanol–water partition coefficient (Wildman–Crippen LogP) is 1.79. The highest BCUT2D eigenvalue weighted by Gasteiger charge is 2.08. The Morgan fingerprint density at radius 2 is 2.24 bits per heavy atom. The van der Waals surface area contributed by atoms with E-state index >= 15 is 0 Å². The topological polar surface area (TPSA) is 80.0 Å². The number of aromatic nitrogens is 1. The van der Waals surface area contributed by atoms with Gasteiger partial charge in [-0.05, 0) is 30.2 Å². The number of nitrogens with two attached hydrogens (primary N) is 1. The summed E-state index contributed by atoms with van der Waals surface area (Å²) in [5.74, 6) is 5.05. The van der Waals surface area contributed by atoms with Crippen molar-refractivity contribution in [2.75, 3.05) is 5.32 Å². The molecule has 0 radical (unpaired) electrons. The first-order chi connectivity index (χ1) is 8.26. The second-order valence-corrected chi connectivity index (χ2v) is 3.61. The van der Waals surface area contributed by atoms with Crippen LogP contribution < -0.4 is 16.6 Å². The zero-order chi connectivity index (χ0) is 12.3. The summed E-state index contributed by atoms with van der Waals surface area (Å²) in [6.45, 7) is 2.04. The Hall–Kier alpha value is -2.14. The van der Waals surface area contributed by atoms with Crippen LogP contribution in [0.25, 0.3) is 10.9 Å². The third-order valence-corrected chi connectivity index (χ3v) is 2.63. The number of aryl methyl sites for hydroxylation is 1. The van der Waals surface area contributed by atoms with Crippen LogP contribution in [0, 0.1) is 0 Å². The Labute approximate surface area is 99.0 Å². The van der Waals surface area contributed by atoms with Gasteiger partial charge in [-0.3, -0.25) is 10.4 Å². The van der Waals surface area contributed by atoms with Crippen molar-refractivity contribution in [3.05, 3.63) is 36.0 Å². The summed E-state index contributed by atoms with van der Waals surface area (Å²) in [7, 11) is 0. The van der Waals surface area contributed by atoms with Crippen LogP contribution >= 0.6 is 0 Å². The Morgan fingerprint density at radius 3 is 2.94 bits per heavy atom. The number of pyridine rings is 1. The van der Waals surface area contributed by atoms with E-state index in [2.05, 4.69) is 10.3 Å². The van der Waals surface area contributed by atoms with Gasteiger partial charge in [-0.2, -0.15) is 0 Å². The first-order valence-corrected chi connectivity index (χ1v) is 5.40. The van der Waals surface area contributed by atoms with Crippen molar-refractivity contribution in [3.8, 4) is 0 Å². The zero-order valence-electron chi connectivity index (χ0n) is 9.53. The first kappa shape index (κ1) is 11.3. The zero-order valence-corrected chi connectivity index (χ0v) is 9.53. The minimum absolute atomic E-state index is 0.428. The minimum atomic E-state index is -0.428. The quantitative estimate of drug-likeness (QED) is 0.418. The van der Waals surface area contributed by atoms with Gasteiger partial charge in [-0.15, -0.1) is 0 Å². The summed E-state index contributed by atoms with van der Waals surface area (Å²) in [4.78, 5) is 15.5. The molecule has 5 nitrogen and oxygen atoms in total. The molecule has 2 amide bonds. The summed E-state index contributed by atoms with van der Waals surface area (Å²) in [6, 6.07) is 7.16. The number of carbonyl (C=O) groups is 1. The molecule has 1 aromatic carbocycles. The van der Waals surface area contributed by atoms with Gasteiger partial charge in [0.15, 0.2) is 0 Å². The minimum Gasteiger partial charge on any atom is -0.307 e. The molecule has 0 aliphatic carbocycles. The number of nitrogens with zero attached hydrogens (tertiary/aromatic N) is 1. The molecule has 88 valence electrons. The van der Waals surface area contributed by atoms with Gasteiger partial charge in [0.2, 0.25) is 0 Å². The number of hydrogen-bond donors (Lipinski definition) is 3. The van der Waals surface area contributed by atoms with Crippen LogP contribution in [0.4, 0.5) is 10.5 Å². The molecule has 0 bridgehead atoms. The molecule has 2 rings (SSSR count). The number of benzene rings is 1. The number of carbonyl (C=O) groups excluding carboxylic acids is 1. The number of rotatable bonds is 2. The van der Waals surface area contributed by atoms with Crippen LogP contribution in [0.15, 0.2) is 30.5 Å². The normalized spacial score (nSPS) is 10.2. The summed E-state index contributed by atoms with van der Waals surface area (Å²) >= 11 is 0. The van der Waals surface area contributed by atoms with Gasteiger partial charge in [-0.25, -0.2) is 10.6 Å². The molecule has 4 N–H and O–H groups in total. The van der Waals surface area contributed by atoms with Crippen LogP contribution in [0.1, 0.15) is 12.5 Å². The number of urea groups is 1. The fourth-order valence-electron chi connectivity index (χ4n) is 1.87. The van der Waals surface area contributed by atoms with Crippen molar-refractivity contribution in [2.24, 2.45) is 5.84 Å². The smallest absolute Gasteiger partial charge is 0.307 e. The molecule has 0 atom stereocenters. The Morgan fingerprint density at radius 1 is 1.41 bits per heavy atom. The average Bonchev–Trinajstić information content (AvgIpc) is 2.38. The highest BCUT2D eigenvalue weighted by Crippen LogP contribution is 2.25. The van der Waals surface area contributed by atoms with Crippen LogP contribution in [0.3, 0.4) is 0 Å². The Bertz CT molecular complexity index is 553. The van der Waals surface area contributed by atoms with E-state index in [1.165, 1.54) is 0 Å². The van der Waals surface area contributed by atoms with Gasteiger partial charge in [0.1, 0.15) is 0 Å². The maximum Gasteiger partial charge on any atom is 0.333 e. The molecule has 0 aliphatic heterocycles. The second-order valence-electron chi connectivity index (χ2n) is 3.61. The van der Waals surface area contributed by atoms with E-state index in [0.29, 0.717) is 0 Å². The summed E-state index contributed by atoms with van der Waals surface area (Å²) in [5, 5.41) is 3.75. The number of hydrazine groups is 1. The van der Waals surface area contributed by atoms with Crippen LogP contribution in [-0.2, 0) is 6.42 Å². The average molecular weight is 230 g/mol. The van der Waals surface area contributed by atoms with E-state index in [9.17, 15) is 4.79 Å². The number of fused-ring (bicyclic) bond motifs is 1. The van der Waals surface area contributed by atoms with E-state index in [0.717, 1.165) is 28.6 Å². The SMILES string of the molecule is CCc1c(NC(=O)NN)ccc2ncccc12. The van der Waals surface area contributed by atoms with Crippen molar-refractivity contribution in [1.29, 1.82) is 0 Å². The highest BCUT2D eigenvalue weighted by atomic mass is 16.2. The largest absolute Gasteiger partial charge is 0.333 e. The molecule has 0 aliphatic rings.